The van der Waals surface area contributed by atoms with Crippen LogP contribution in [0.15, 0.2) is 30.5 Å². The number of nitro benzene ring substituents is 1. The molecule has 2 N–H and O–H groups in total. The maximum atomic E-state index is 13.2. The molecule has 2 aromatic heterocycles. The van der Waals surface area contributed by atoms with Gasteiger partial charge in [0.05, 0.1) is 22.2 Å². The fraction of sp³-hybridized carbons (Fsp3) is 0.350. The van der Waals surface area contributed by atoms with Gasteiger partial charge in [-0.05, 0) is 30.5 Å². The third-order valence-electron chi connectivity index (χ3n) is 5.41. The number of benzene rings is 1. The Labute approximate surface area is 175 Å². The van der Waals surface area contributed by atoms with Crippen molar-refractivity contribution in [3.63, 3.8) is 0 Å². The number of rotatable bonds is 4. The molecule has 0 saturated carbocycles. The van der Waals surface area contributed by atoms with Crippen molar-refractivity contribution < 1.29 is 18.1 Å². The average molecular weight is 432 g/mol. The predicted molar refractivity (Wildman–Crippen MR) is 109 cm³/mol. The van der Waals surface area contributed by atoms with Crippen molar-refractivity contribution >= 4 is 28.2 Å². The van der Waals surface area contributed by atoms with Gasteiger partial charge < -0.3 is 10.6 Å². The molecule has 3 aromatic rings. The quantitative estimate of drug-likeness (QED) is 0.484. The summed E-state index contributed by atoms with van der Waals surface area (Å²) in [6.45, 7) is 3.39. The maximum absolute atomic E-state index is 13.2. The van der Waals surface area contributed by atoms with Crippen molar-refractivity contribution in [2.75, 3.05) is 23.7 Å². The number of alkyl halides is 3. The third-order valence-corrected chi connectivity index (χ3v) is 5.41. The molecule has 3 heterocycles. The second kappa shape index (κ2) is 7.64. The standard InChI is InChI=1S/C20H19F3N6O2/c1-11(12-6-13(20(21,22)23)8-14(7-12)29(30)31)19-26-16-10-25-17(28-4-2-3-5-28)9-15(16)18(24)27-19/h6-11H,2-5H2,1H3,(H2,24,26,27). The van der Waals surface area contributed by atoms with Gasteiger partial charge in [0.2, 0.25) is 0 Å². The van der Waals surface area contributed by atoms with Crippen LogP contribution in [0.3, 0.4) is 0 Å². The van der Waals surface area contributed by atoms with E-state index in [1.165, 1.54) is 0 Å². The van der Waals surface area contributed by atoms with Crippen LogP contribution in [-0.4, -0.2) is 33.0 Å². The number of halogens is 3. The predicted octanol–water partition coefficient (Wildman–Crippen LogP) is 4.29. The monoisotopic (exact) mass is 432 g/mol. The lowest BCUT2D eigenvalue weighted by Gasteiger charge is -2.18. The number of nitro groups is 1. The Morgan fingerprint density at radius 3 is 2.52 bits per heavy atom. The van der Waals surface area contributed by atoms with E-state index in [1.807, 2.05) is 0 Å². The van der Waals surface area contributed by atoms with Gasteiger partial charge in [-0.2, -0.15) is 13.2 Å². The number of non-ortho nitro benzene ring substituents is 1. The highest BCUT2D eigenvalue weighted by Crippen LogP contribution is 2.36. The number of nitrogen functional groups attached to an aromatic ring is 1. The molecular weight excluding hydrogens is 413 g/mol. The molecule has 0 amide bonds. The van der Waals surface area contributed by atoms with Gasteiger partial charge in [0.1, 0.15) is 17.5 Å². The van der Waals surface area contributed by atoms with E-state index >= 15 is 0 Å². The highest BCUT2D eigenvalue weighted by atomic mass is 19.4. The number of nitrogens with zero attached hydrogens (tertiary/aromatic N) is 5. The minimum Gasteiger partial charge on any atom is -0.383 e. The summed E-state index contributed by atoms with van der Waals surface area (Å²) in [5.74, 6) is 0.353. The minimum atomic E-state index is -4.72. The summed E-state index contributed by atoms with van der Waals surface area (Å²) in [5.41, 5.74) is 4.91. The van der Waals surface area contributed by atoms with Crippen LogP contribution in [0, 0.1) is 10.1 Å². The SMILES string of the molecule is CC(c1cc([N+](=O)[O-])cc(C(F)(F)F)c1)c1nc(N)c2cc(N3CCCC3)ncc2n1. The molecule has 1 aliphatic rings. The molecule has 0 radical (unpaired) electrons. The van der Waals surface area contributed by atoms with E-state index in [1.54, 1.807) is 19.2 Å². The average Bonchev–Trinajstić information content (AvgIpc) is 3.27. The Bertz CT molecular complexity index is 1160. The number of hydrogen-bond acceptors (Lipinski definition) is 7. The van der Waals surface area contributed by atoms with Crippen molar-refractivity contribution in [2.45, 2.75) is 31.9 Å². The van der Waals surface area contributed by atoms with E-state index < -0.39 is 28.3 Å². The molecule has 1 atom stereocenters. The van der Waals surface area contributed by atoms with Gasteiger partial charge in [0.15, 0.2) is 0 Å². The smallest absolute Gasteiger partial charge is 0.383 e. The van der Waals surface area contributed by atoms with Crippen LogP contribution in [0.5, 0.6) is 0 Å². The topological polar surface area (TPSA) is 111 Å². The first-order valence-electron chi connectivity index (χ1n) is 9.68. The Kier molecular flexibility index (Phi) is 5.11. The Morgan fingerprint density at radius 2 is 1.87 bits per heavy atom. The summed E-state index contributed by atoms with van der Waals surface area (Å²) in [5, 5.41) is 11.7. The molecule has 1 aromatic carbocycles. The van der Waals surface area contributed by atoms with Crippen LogP contribution >= 0.6 is 0 Å². The molecule has 0 aliphatic carbocycles. The zero-order valence-electron chi connectivity index (χ0n) is 16.6. The summed E-state index contributed by atoms with van der Waals surface area (Å²) in [6, 6.07) is 4.28. The molecule has 8 nitrogen and oxygen atoms in total. The maximum Gasteiger partial charge on any atom is 0.416 e. The molecule has 1 saturated heterocycles. The van der Waals surface area contributed by atoms with Gasteiger partial charge in [-0.3, -0.25) is 10.1 Å². The van der Waals surface area contributed by atoms with Crippen LogP contribution in [0.4, 0.5) is 30.5 Å². The molecule has 0 spiro atoms. The largest absolute Gasteiger partial charge is 0.416 e. The van der Waals surface area contributed by atoms with Crippen LogP contribution in [0.1, 0.15) is 42.6 Å². The van der Waals surface area contributed by atoms with E-state index in [9.17, 15) is 23.3 Å². The summed E-state index contributed by atoms with van der Waals surface area (Å²) in [7, 11) is 0. The van der Waals surface area contributed by atoms with Crippen molar-refractivity contribution in [2.24, 2.45) is 0 Å². The zero-order valence-corrected chi connectivity index (χ0v) is 16.6. The van der Waals surface area contributed by atoms with E-state index in [0.29, 0.717) is 17.0 Å². The summed E-state index contributed by atoms with van der Waals surface area (Å²) >= 11 is 0. The van der Waals surface area contributed by atoms with Crippen molar-refractivity contribution in [1.82, 2.24) is 15.0 Å². The summed E-state index contributed by atoms with van der Waals surface area (Å²) < 4.78 is 39.7. The number of anilines is 2. The van der Waals surface area contributed by atoms with E-state index in [2.05, 4.69) is 19.9 Å². The molecule has 31 heavy (non-hydrogen) atoms. The molecule has 1 aliphatic heterocycles. The van der Waals surface area contributed by atoms with Gasteiger partial charge in [0.25, 0.3) is 5.69 Å². The molecule has 0 bridgehead atoms. The number of nitrogens with two attached hydrogens (primary N) is 1. The first kappa shape index (κ1) is 20.8. The fourth-order valence-corrected chi connectivity index (χ4v) is 3.68. The Balaban J connectivity index is 1.75. The molecular formula is C20H19F3N6O2. The van der Waals surface area contributed by atoms with Gasteiger partial charge in [-0.15, -0.1) is 0 Å². The second-order valence-electron chi connectivity index (χ2n) is 7.51. The van der Waals surface area contributed by atoms with E-state index in [-0.39, 0.29) is 17.2 Å². The second-order valence-corrected chi connectivity index (χ2v) is 7.51. The van der Waals surface area contributed by atoms with Crippen LogP contribution in [0.2, 0.25) is 0 Å². The van der Waals surface area contributed by atoms with E-state index in [0.717, 1.165) is 43.9 Å². The van der Waals surface area contributed by atoms with Crippen molar-refractivity contribution in [3.8, 4) is 0 Å². The summed E-state index contributed by atoms with van der Waals surface area (Å²) in [4.78, 5) is 25.5. The lowest BCUT2D eigenvalue weighted by Crippen LogP contribution is -2.19. The van der Waals surface area contributed by atoms with Crippen LogP contribution in [0.25, 0.3) is 10.9 Å². The molecule has 1 unspecified atom stereocenters. The number of fused-ring (bicyclic) bond motifs is 1. The van der Waals surface area contributed by atoms with Gasteiger partial charge >= 0.3 is 6.18 Å². The van der Waals surface area contributed by atoms with Gasteiger partial charge in [0, 0.05) is 36.5 Å². The lowest BCUT2D eigenvalue weighted by molar-refractivity contribution is -0.385. The highest BCUT2D eigenvalue weighted by Gasteiger charge is 2.33. The number of hydrogen-bond donors (Lipinski definition) is 1. The Hall–Kier alpha value is -3.50. The third kappa shape index (κ3) is 4.07. The van der Waals surface area contributed by atoms with Gasteiger partial charge in [-0.1, -0.05) is 6.92 Å². The fourth-order valence-electron chi connectivity index (χ4n) is 3.68. The molecule has 1 fully saturated rings. The molecule has 162 valence electrons. The number of aromatic nitrogens is 3. The zero-order chi connectivity index (χ0) is 22.3. The number of pyridine rings is 1. The lowest BCUT2D eigenvalue weighted by atomic mass is 9.97. The highest BCUT2D eigenvalue weighted by molar-refractivity contribution is 5.89. The van der Waals surface area contributed by atoms with Gasteiger partial charge in [-0.25, -0.2) is 15.0 Å². The minimum absolute atomic E-state index is 0.0712. The summed E-state index contributed by atoms with van der Waals surface area (Å²) in [6.07, 6.45) is -0.984. The Morgan fingerprint density at radius 1 is 1.16 bits per heavy atom. The van der Waals surface area contributed by atoms with Crippen molar-refractivity contribution in [3.05, 3.63) is 57.5 Å². The molecule has 11 heteroatoms. The first-order chi connectivity index (χ1) is 14.6. The van der Waals surface area contributed by atoms with Crippen molar-refractivity contribution in [1.29, 1.82) is 0 Å². The normalized spacial score (nSPS) is 15.4. The van der Waals surface area contributed by atoms with Crippen LogP contribution in [-0.2, 0) is 6.18 Å². The van der Waals surface area contributed by atoms with E-state index in [4.69, 9.17) is 5.73 Å². The van der Waals surface area contributed by atoms with Crippen LogP contribution < -0.4 is 10.6 Å². The molecule has 4 rings (SSSR count). The first-order valence-corrected chi connectivity index (χ1v) is 9.68.